The van der Waals surface area contributed by atoms with Crippen LogP contribution in [0, 0.1) is 11.3 Å². The Kier molecular flexibility index (Phi) is 10.3. The van der Waals surface area contributed by atoms with Gasteiger partial charge in [0.2, 0.25) is 27.7 Å². The van der Waals surface area contributed by atoms with Crippen molar-refractivity contribution in [2.45, 2.75) is 101 Å². The van der Waals surface area contributed by atoms with E-state index in [2.05, 4.69) is 21.9 Å². The maximum atomic E-state index is 14.6. The molecule has 55 heavy (non-hydrogen) atoms. The second kappa shape index (κ2) is 14.9. The van der Waals surface area contributed by atoms with Gasteiger partial charge < -0.3 is 25.0 Å². The Balaban J connectivity index is 1.25. The minimum atomic E-state index is -3.91. The molecule has 2 aliphatic heterocycles. The van der Waals surface area contributed by atoms with Crippen LogP contribution in [0.3, 0.4) is 0 Å². The topological polar surface area (TPSA) is 186 Å². The molecule has 292 valence electrons. The third kappa shape index (κ3) is 8.17. The fourth-order valence-corrected chi connectivity index (χ4v) is 8.77. The highest BCUT2D eigenvalue weighted by atomic mass is 32.2. The molecule has 4 aliphatic rings. The minimum absolute atomic E-state index is 0.0154. The number of rotatable bonds is 7. The lowest BCUT2D eigenvalue weighted by molar-refractivity contribution is -0.142. The van der Waals surface area contributed by atoms with E-state index in [-0.39, 0.29) is 26.0 Å². The van der Waals surface area contributed by atoms with Gasteiger partial charge in [-0.1, -0.05) is 63.2 Å². The van der Waals surface area contributed by atoms with E-state index in [0.29, 0.717) is 41.9 Å². The number of amides is 4. The summed E-state index contributed by atoms with van der Waals surface area (Å²) in [4.78, 5) is 66.7. The molecule has 5 atom stereocenters. The van der Waals surface area contributed by atoms with Gasteiger partial charge >= 0.3 is 6.09 Å². The van der Waals surface area contributed by atoms with Crippen LogP contribution in [0.25, 0.3) is 22.3 Å². The number of nitrogens with zero attached hydrogens (tertiary/aromatic N) is 3. The van der Waals surface area contributed by atoms with Crippen molar-refractivity contribution in [3.05, 3.63) is 66.7 Å². The molecule has 4 bridgehead atoms. The van der Waals surface area contributed by atoms with Crippen LogP contribution in [-0.2, 0) is 35.6 Å². The number of hydrogen-bond acceptors (Lipinski definition) is 10. The summed E-state index contributed by atoms with van der Waals surface area (Å²) in [5, 5.41) is 5.61. The zero-order chi connectivity index (χ0) is 39.1. The van der Waals surface area contributed by atoms with Crippen LogP contribution in [0.2, 0.25) is 0 Å². The van der Waals surface area contributed by atoms with Crippen molar-refractivity contribution in [3.8, 4) is 17.3 Å². The predicted octanol–water partition coefficient (Wildman–Crippen LogP) is 4.18. The number of fused-ring (bicyclic) bond motifs is 3. The standard InChI is InChI=1S/C40H48N6O8S/c1-5-26-22-40(26,37(49)45-55(51,52)28-16-17-28)44-34(47)31-21-27-23-46(31)36(48)32(39(2,3)4)42-38(50)53-19-11-7-8-12-24-15-18-30-29(20-24)35(54-27)43-33(41-30)25-13-9-6-10-14-25/h5-6,9-10,13-15,18,20,26-28,31-32H,1,7-8,11-12,16-17,19,21-23H2,2-4H3,(H,42,50)(H,44,47)(H,45,49)/t26-,27-,31+,32-,40?/m1/s1. The predicted molar refractivity (Wildman–Crippen MR) is 204 cm³/mol. The van der Waals surface area contributed by atoms with Crippen LogP contribution < -0.4 is 20.1 Å². The van der Waals surface area contributed by atoms with Crippen LogP contribution in [0.1, 0.15) is 71.3 Å². The number of hydrogen-bond donors (Lipinski definition) is 3. The van der Waals surface area contributed by atoms with Crippen molar-refractivity contribution in [1.82, 2.24) is 30.2 Å². The first kappa shape index (κ1) is 38.2. The first-order chi connectivity index (χ1) is 26.2. The number of carbonyl (C=O) groups is 4. The van der Waals surface area contributed by atoms with E-state index in [1.807, 2.05) is 48.5 Å². The summed E-state index contributed by atoms with van der Waals surface area (Å²) in [5.74, 6) is -1.82. The number of nitrogens with one attached hydrogen (secondary N) is 3. The number of alkyl carbamates (subject to hydrolysis) is 1. The van der Waals surface area contributed by atoms with Gasteiger partial charge in [0.15, 0.2) is 5.82 Å². The number of aromatic nitrogens is 2. The molecule has 15 heteroatoms. The molecule has 1 saturated heterocycles. The molecule has 14 nitrogen and oxygen atoms in total. The number of ether oxygens (including phenoxy) is 2. The molecule has 4 amide bonds. The molecule has 3 N–H and O–H groups in total. The second-order valence-corrected chi connectivity index (χ2v) is 18.1. The van der Waals surface area contributed by atoms with Crippen LogP contribution in [-0.4, -0.2) is 89.2 Å². The summed E-state index contributed by atoms with van der Waals surface area (Å²) >= 11 is 0. The molecule has 2 saturated carbocycles. The second-order valence-electron chi connectivity index (χ2n) is 16.1. The van der Waals surface area contributed by atoms with Gasteiger partial charge in [0.1, 0.15) is 23.7 Å². The maximum absolute atomic E-state index is 14.6. The molecular formula is C40H48N6O8S. The van der Waals surface area contributed by atoms with Gasteiger partial charge in [-0.2, -0.15) is 4.98 Å². The van der Waals surface area contributed by atoms with Gasteiger partial charge in [-0.05, 0) is 68.1 Å². The van der Waals surface area contributed by atoms with Crippen molar-refractivity contribution in [2.75, 3.05) is 13.2 Å². The van der Waals surface area contributed by atoms with Crippen molar-refractivity contribution in [2.24, 2.45) is 11.3 Å². The maximum Gasteiger partial charge on any atom is 0.407 e. The molecule has 2 aromatic carbocycles. The van der Waals surface area contributed by atoms with Gasteiger partial charge in [0.05, 0.1) is 29.3 Å². The normalized spacial score (nSPS) is 26.2. The van der Waals surface area contributed by atoms with Gasteiger partial charge in [-0.3, -0.25) is 19.1 Å². The molecule has 0 spiro atoms. The summed E-state index contributed by atoms with van der Waals surface area (Å²) in [6, 6.07) is 13.2. The van der Waals surface area contributed by atoms with E-state index in [0.717, 1.165) is 30.4 Å². The number of cyclic esters (lactones) is 1. The van der Waals surface area contributed by atoms with E-state index in [4.69, 9.17) is 19.4 Å². The fourth-order valence-electron chi connectivity index (χ4n) is 7.41. The minimum Gasteiger partial charge on any atom is -0.472 e. The Morgan fingerprint density at radius 2 is 1.82 bits per heavy atom. The van der Waals surface area contributed by atoms with E-state index >= 15 is 0 Å². The SMILES string of the molecule is C=C[C@@H]1CC1(NC(=O)[C@@H]1C[C@@H]2CN1C(=O)[C@H](C(C)(C)C)NC(=O)OCCCCCc1ccc3nc(-c4ccccc4)nc(c3c1)O2)C(=O)NS(=O)(=O)C1CC1. The van der Waals surface area contributed by atoms with Crippen LogP contribution >= 0.6 is 0 Å². The summed E-state index contributed by atoms with van der Waals surface area (Å²) in [6.45, 7) is 9.32. The van der Waals surface area contributed by atoms with Crippen LogP contribution in [0.4, 0.5) is 4.79 Å². The lowest BCUT2D eigenvalue weighted by Gasteiger charge is -2.35. The average Bonchev–Trinajstić information content (AvgIpc) is 4.08. The van der Waals surface area contributed by atoms with Gasteiger partial charge in [-0.15, -0.1) is 6.58 Å². The van der Waals surface area contributed by atoms with Gasteiger partial charge in [0.25, 0.3) is 5.91 Å². The zero-order valence-electron chi connectivity index (χ0n) is 31.4. The zero-order valence-corrected chi connectivity index (χ0v) is 32.2. The smallest absolute Gasteiger partial charge is 0.407 e. The Bertz CT molecular complexity index is 2120. The number of benzene rings is 2. The van der Waals surface area contributed by atoms with Gasteiger partial charge in [0, 0.05) is 17.9 Å². The molecule has 3 aromatic rings. The van der Waals surface area contributed by atoms with Crippen molar-refractivity contribution >= 4 is 44.7 Å². The van der Waals surface area contributed by atoms with Crippen molar-refractivity contribution in [3.63, 3.8) is 0 Å². The number of aryl methyl sites for hydroxylation is 1. The van der Waals surface area contributed by atoms with Crippen LogP contribution in [0.5, 0.6) is 5.88 Å². The molecule has 0 radical (unpaired) electrons. The van der Waals surface area contributed by atoms with Crippen molar-refractivity contribution in [1.29, 1.82) is 0 Å². The molecule has 1 aromatic heterocycles. The Morgan fingerprint density at radius 1 is 1.05 bits per heavy atom. The monoisotopic (exact) mass is 772 g/mol. The number of carbonyl (C=O) groups excluding carboxylic acids is 4. The van der Waals surface area contributed by atoms with Crippen molar-refractivity contribution < 1.29 is 37.1 Å². The van der Waals surface area contributed by atoms with E-state index in [1.54, 1.807) is 20.8 Å². The van der Waals surface area contributed by atoms with Crippen LogP contribution in [0.15, 0.2) is 61.2 Å². The molecule has 7 rings (SSSR count). The summed E-state index contributed by atoms with van der Waals surface area (Å²) in [5.41, 5.74) is 0.145. The first-order valence-corrected chi connectivity index (χ1v) is 20.5. The summed E-state index contributed by atoms with van der Waals surface area (Å²) < 4.78 is 39.8. The molecule has 1 unspecified atom stereocenters. The third-order valence-corrected chi connectivity index (χ3v) is 12.7. The Morgan fingerprint density at radius 3 is 2.51 bits per heavy atom. The summed E-state index contributed by atoms with van der Waals surface area (Å²) in [6.07, 6.45) is 4.16. The van der Waals surface area contributed by atoms with E-state index in [1.165, 1.54) is 11.0 Å². The Hall–Kier alpha value is -5.05. The van der Waals surface area contributed by atoms with E-state index in [9.17, 15) is 27.6 Å². The first-order valence-electron chi connectivity index (χ1n) is 19.0. The average molecular weight is 773 g/mol. The largest absolute Gasteiger partial charge is 0.472 e. The molecular weight excluding hydrogens is 725 g/mol. The third-order valence-electron chi connectivity index (χ3n) is 10.9. The highest BCUT2D eigenvalue weighted by molar-refractivity contribution is 7.91. The lowest BCUT2D eigenvalue weighted by atomic mass is 9.85. The number of sulfonamides is 1. The highest BCUT2D eigenvalue weighted by Crippen LogP contribution is 2.45. The highest BCUT2D eigenvalue weighted by Gasteiger charge is 2.62. The molecule has 3 fully saturated rings. The summed E-state index contributed by atoms with van der Waals surface area (Å²) in [7, 11) is -3.91. The quantitative estimate of drug-likeness (QED) is 0.294. The lowest BCUT2D eigenvalue weighted by Crippen LogP contribution is -2.60. The molecule has 3 heterocycles. The fraction of sp³-hybridized carbons (Fsp3) is 0.500. The van der Waals surface area contributed by atoms with E-state index < -0.39 is 74.1 Å². The Labute approximate surface area is 320 Å². The van der Waals surface area contributed by atoms with Gasteiger partial charge in [-0.25, -0.2) is 18.2 Å². The molecule has 2 aliphatic carbocycles.